The van der Waals surface area contributed by atoms with Gasteiger partial charge in [-0.3, -0.25) is 9.11 Å². The number of benzene rings is 4. The second-order valence-electron chi connectivity index (χ2n) is 8.34. The zero-order valence-electron chi connectivity index (χ0n) is 20.5. The molecule has 0 unspecified atom stereocenters. The Morgan fingerprint density at radius 3 is 1.54 bits per heavy atom. The Kier molecular flexibility index (Phi) is 7.56. The molecule has 4 rings (SSSR count). The Morgan fingerprint density at radius 1 is 0.590 bits per heavy atom. The molecule has 0 saturated heterocycles. The maximum absolute atomic E-state index is 13.2. The van der Waals surface area contributed by atoms with Gasteiger partial charge in [-0.2, -0.15) is 16.8 Å². The molecule has 0 saturated carbocycles. The van der Waals surface area contributed by atoms with E-state index in [0.29, 0.717) is 11.8 Å². The molecule has 0 aliphatic heterocycles. The number of ether oxygens (including phenoxy) is 2. The van der Waals surface area contributed by atoms with Crippen LogP contribution in [-0.4, -0.2) is 41.5 Å². The summed E-state index contributed by atoms with van der Waals surface area (Å²) in [6.45, 7) is 1.37. The van der Waals surface area contributed by atoms with Gasteiger partial charge in [0.25, 0.3) is 20.2 Å². The van der Waals surface area contributed by atoms with Crippen molar-refractivity contribution in [3.05, 3.63) is 90.5 Å². The van der Waals surface area contributed by atoms with Gasteiger partial charge in [0.1, 0.15) is 22.1 Å². The molecule has 13 heteroatoms. The summed E-state index contributed by atoms with van der Waals surface area (Å²) in [4.78, 5) is -2.49. The van der Waals surface area contributed by atoms with Crippen molar-refractivity contribution in [2.24, 2.45) is 0 Å². The second kappa shape index (κ2) is 10.4. The Balaban J connectivity index is 1.69. The lowest BCUT2D eigenvalue weighted by molar-refractivity contribution is 0.415. The first-order chi connectivity index (χ1) is 18.2. The molecule has 0 radical (unpaired) electrons. The van der Waals surface area contributed by atoms with Gasteiger partial charge in [-0.1, -0.05) is 30.3 Å². The van der Waals surface area contributed by atoms with Crippen LogP contribution in [0.25, 0.3) is 11.1 Å². The Bertz CT molecular complexity index is 1860. The highest BCUT2D eigenvalue weighted by Crippen LogP contribution is 2.34. The second-order valence-corrected chi connectivity index (χ2v) is 13.1. The summed E-state index contributed by atoms with van der Waals surface area (Å²) >= 11 is 0. The molecule has 10 nitrogen and oxygen atoms in total. The lowest BCUT2D eigenvalue weighted by atomic mass is 10.1. The first kappa shape index (κ1) is 28.3. The third-order valence-corrected chi connectivity index (χ3v) is 9.38. The van der Waals surface area contributed by atoms with Crippen LogP contribution in [0, 0.1) is 6.92 Å². The number of hydrogen-bond donors (Lipinski definition) is 2. The molecule has 39 heavy (non-hydrogen) atoms. The minimum atomic E-state index is -4.95. The van der Waals surface area contributed by atoms with Crippen LogP contribution in [0.2, 0.25) is 0 Å². The van der Waals surface area contributed by atoms with Crippen LogP contribution >= 0.6 is 0 Å². The zero-order chi connectivity index (χ0) is 28.6. The van der Waals surface area contributed by atoms with E-state index in [1.807, 2.05) is 12.1 Å². The highest BCUT2D eigenvalue weighted by molar-refractivity contribution is 7.91. The third-order valence-electron chi connectivity index (χ3n) is 5.76. The lowest BCUT2D eigenvalue weighted by Crippen LogP contribution is -2.08. The number of hydrogen-bond acceptors (Lipinski definition) is 8. The Morgan fingerprint density at radius 2 is 1.05 bits per heavy atom. The van der Waals surface area contributed by atoms with E-state index in [2.05, 4.69) is 0 Å². The number of rotatable bonds is 8. The summed E-state index contributed by atoms with van der Waals surface area (Å²) in [7, 11) is -12.6. The van der Waals surface area contributed by atoms with Crippen molar-refractivity contribution in [2.75, 3.05) is 7.11 Å². The average molecular weight is 591 g/mol. The van der Waals surface area contributed by atoms with Crippen molar-refractivity contribution in [1.29, 1.82) is 0 Å². The van der Waals surface area contributed by atoms with Crippen molar-refractivity contribution in [3.63, 3.8) is 0 Å². The third kappa shape index (κ3) is 6.13. The van der Waals surface area contributed by atoms with Gasteiger partial charge in [0.05, 0.1) is 21.8 Å². The molecular formula is C26H22O10S3. The molecule has 4 aromatic rings. The predicted molar refractivity (Wildman–Crippen MR) is 141 cm³/mol. The zero-order valence-corrected chi connectivity index (χ0v) is 22.9. The van der Waals surface area contributed by atoms with Crippen LogP contribution in [0.1, 0.15) is 5.56 Å². The summed E-state index contributed by atoms with van der Waals surface area (Å²) in [5, 5.41) is 0. The molecule has 0 amide bonds. The van der Waals surface area contributed by atoms with Crippen molar-refractivity contribution in [2.45, 2.75) is 26.5 Å². The maximum Gasteiger partial charge on any atom is 0.298 e. The number of aryl methyl sites for hydroxylation is 1. The molecule has 0 bridgehead atoms. The first-order valence-corrected chi connectivity index (χ1v) is 15.4. The average Bonchev–Trinajstić information content (AvgIpc) is 2.88. The highest BCUT2D eigenvalue weighted by Gasteiger charge is 2.26. The van der Waals surface area contributed by atoms with Crippen molar-refractivity contribution in [1.82, 2.24) is 0 Å². The molecule has 0 aliphatic rings. The molecule has 4 aromatic carbocycles. The van der Waals surface area contributed by atoms with E-state index in [0.717, 1.165) is 35.4 Å². The van der Waals surface area contributed by atoms with Crippen molar-refractivity contribution in [3.8, 4) is 28.4 Å². The van der Waals surface area contributed by atoms with Crippen LogP contribution in [0.15, 0.2) is 105 Å². The molecule has 0 atom stereocenters. The smallest absolute Gasteiger partial charge is 0.298 e. The fraction of sp³-hybridized carbons (Fsp3) is 0.0769. The van der Waals surface area contributed by atoms with Crippen LogP contribution in [0.4, 0.5) is 0 Å². The molecule has 2 N–H and O–H groups in total. The van der Waals surface area contributed by atoms with Crippen molar-refractivity contribution >= 4 is 30.1 Å². The monoisotopic (exact) mass is 590 g/mol. The van der Waals surface area contributed by atoms with Gasteiger partial charge in [0.15, 0.2) is 0 Å². The lowest BCUT2D eigenvalue weighted by Gasteiger charge is -2.13. The SMILES string of the molecule is COc1ccc(-c2ccc(Oc3ccc(S(=O)(=O)c4ccc(C)c(S(=O)(=O)O)c4)cc3S(=O)(=O)O)cc2)cc1. The summed E-state index contributed by atoms with van der Waals surface area (Å²) in [6.07, 6.45) is 0. The van der Waals surface area contributed by atoms with Crippen molar-refractivity contribution < 1.29 is 43.8 Å². The number of methoxy groups -OCH3 is 1. The van der Waals surface area contributed by atoms with Gasteiger partial charge in [-0.05, 0) is 78.2 Å². The van der Waals surface area contributed by atoms with Crippen LogP contribution in [0.3, 0.4) is 0 Å². The number of sulfone groups is 1. The quantitative estimate of drug-likeness (QED) is 0.273. The van der Waals surface area contributed by atoms with E-state index in [4.69, 9.17) is 9.47 Å². The van der Waals surface area contributed by atoms with Gasteiger partial charge in [0.2, 0.25) is 9.84 Å². The van der Waals surface area contributed by atoms with Gasteiger partial charge >= 0.3 is 0 Å². The minimum Gasteiger partial charge on any atom is -0.497 e. The van der Waals surface area contributed by atoms with E-state index < -0.39 is 49.7 Å². The minimum absolute atomic E-state index is 0.108. The molecule has 0 fully saturated rings. The van der Waals surface area contributed by atoms with E-state index in [9.17, 15) is 34.4 Å². The fourth-order valence-electron chi connectivity index (χ4n) is 3.73. The molecule has 204 valence electrons. The topological polar surface area (TPSA) is 161 Å². The van der Waals surface area contributed by atoms with E-state index in [-0.39, 0.29) is 17.1 Å². The fourth-order valence-corrected chi connectivity index (χ4v) is 6.58. The molecular weight excluding hydrogens is 568 g/mol. The standard InChI is InChI=1S/C26H22O10S3/c1-17-3-12-22(15-25(17)38(29,30)31)37(27,28)23-13-14-24(26(16-23)39(32,33)34)36-21-10-6-19(7-11-21)18-4-8-20(35-2)9-5-18/h3-16H,1-2H3,(H,29,30,31)(H,32,33,34). The van der Waals surface area contributed by atoms with Crippen LogP contribution in [-0.2, 0) is 30.1 Å². The van der Waals surface area contributed by atoms with Gasteiger partial charge in [-0.25, -0.2) is 8.42 Å². The van der Waals surface area contributed by atoms with Gasteiger partial charge in [-0.15, -0.1) is 0 Å². The summed E-state index contributed by atoms with van der Waals surface area (Å²) in [5.41, 5.74) is 1.84. The largest absolute Gasteiger partial charge is 0.497 e. The van der Waals surface area contributed by atoms with E-state index >= 15 is 0 Å². The highest BCUT2D eigenvalue weighted by atomic mass is 32.2. The predicted octanol–water partition coefficient (Wildman–Crippen LogP) is 4.79. The molecule has 0 heterocycles. The normalized spacial score (nSPS) is 12.2. The van der Waals surface area contributed by atoms with Gasteiger partial charge in [0, 0.05) is 0 Å². The maximum atomic E-state index is 13.2. The molecule has 0 aromatic heterocycles. The molecule has 0 spiro atoms. The van der Waals surface area contributed by atoms with Gasteiger partial charge < -0.3 is 9.47 Å². The van der Waals surface area contributed by atoms with Crippen LogP contribution in [0.5, 0.6) is 17.2 Å². The first-order valence-electron chi connectivity index (χ1n) is 11.1. The van der Waals surface area contributed by atoms with E-state index in [1.165, 1.54) is 13.0 Å². The summed E-state index contributed by atoms with van der Waals surface area (Å²) in [6, 6.07) is 19.8. The van der Waals surface area contributed by atoms with E-state index in [1.54, 1.807) is 43.5 Å². The molecule has 0 aliphatic carbocycles. The van der Waals surface area contributed by atoms with Crippen LogP contribution < -0.4 is 9.47 Å². The summed E-state index contributed by atoms with van der Waals surface area (Å²) in [5.74, 6) is 0.573. The Hall–Kier alpha value is -3.75. The Labute approximate surface area is 225 Å². The summed E-state index contributed by atoms with van der Waals surface area (Å²) < 4.78 is 104.